The summed E-state index contributed by atoms with van der Waals surface area (Å²) in [5.41, 5.74) is 1.25. The van der Waals surface area contributed by atoms with Gasteiger partial charge in [0.2, 0.25) is 0 Å². The zero-order valence-corrected chi connectivity index (χ0v) is 20.5. The molecule has 0 saturated carbocycles. The zero-order chi connectivity index (χ0) is 23.6. The number of nitrogens with one attached hydrogen (secondary N) is 2. The summed E-state index contributed by atoms with van der Waals surface area (Å²) < 4.78 is 6.03. The quantitative estimate of drug-likeness (QED) is 0.151. The molecule has 4 rings (SSSR count). The molecule has 0 heterocycles. The number of urea groups is 1. The molecule has 0 fully saturated rings. The number of unbranched alkanes of at least 4 members (excludes halogenated alkanes) is 6. The maximum Gasteiger partial charge on any atom is 0.314 e. The van der Waals surface area contributed by atoms with Gasteiger partial charge in [-0.05, 0) is 63.6 Å². The van der Waals surface area contributed by atoms with Gasteiger partial charge in [-0.1, -0.05) is 87.2 Å². The number of hydrogen-bond acceptors (Lipinski definition) is 2. The van der Waals surface area contributed by atoms with Crippen LogP contribution >= 0.6 is 0 Å². The molecule has 4 nitrogen and oxygen atoms in total. The van der Waals surface area contributed by atoms with Crippen molar-refractivity contribution in [3.05, 3.63) is 60.2 Å². The first-order valence-electron chi connectivity index (χ1n) is 13.0. The Balaban J connectivity index is 1.15. The Hall–Kier alpha value is -2.85. The highest BCUT2D eigenvalue weighted by atomic mass is 16.5. The monoisotopic (exact) mass is 458 g/mol. The van der Waals surface area contributed by atoms with E-state index in [0.717, 1.165) is 45.4 Å². The Morgan fingerprint density at radius 3 is 2.06 bits per heavy atom. The van der Waals surface area contributed by atoms with Crippen molar-refractivity contribution >= 4 is 38.3 Å². The molecule has 0 unspecified atom stereocenters. The van der Waals surface area contributed by atoms with E-state index in [1.165, 1.54) is 63.6 Å². The van der Waals surface area contributed by atoms with Crippen LogP contribution in [0, 0.1) is 0 Å². The summed E-state index contributed by atoms with van der Waals surface area (Å²) in [7, 11) is 0. The van der Waals surface area contributed by atoms with Gasteiger partial charge in [0.1, 0.15) is 0 Å². The van der Waals surface area contributed by atoms with Crippen molar-refractivity contribution in [2.24, 2.45) is 0 Å². The van der Waals surface area contributed by atoms with Crippen LogP contribution in [0.25, 0.3) is 32.3 Å². The minimum atomic E-state index is -0.0410. The first kappa shape index (κ1) is 24.3. The molecular weight excluding hydrogens is 420 g/mol. The van der Waals surface area contributed by atoms with E-state index < -0.39 is 0 Å². The predicted molar refractivity (Wildman–Crippen MR) is 144 cm³/mol. The molecule has 0 aliphatic carbocycles. The lowest BCUT2D eigenvalue weighted by Gasteiger charge is -2.14. The maximum absolute atomic E-state index is 11.8. The van der Waals surface area contributed by atoms with E-state index in [1.807, 2.05) is 0 Å². The third kappa shape index (κ3) is 6.18. The molecule has 0 aliphatic heterocycles. The van der Waals surface area contributed by atoms with Crippen molar-refractivity contribution in [2.75, 3.05) is 19.7 Å². The highest BCUT2D eigenvalue weighted by Gasteiger charge is 2.10. The van der Waals surface area contributed by atoms with E-state index in [-0.39, 0.29) is 6.03 Å². The second-order valence-corrected chi connectivity index (χ2v) is 9.29. The average molecular weight is 459 g/mol. The van der Waals surface area contributed by atoms with Crippen molar-refractivity contribution in [2.45, 2.75) is 64.9 Å². The number of rotatable bonds is 14. The largest absolute Gasteiger partial charge is 0.377 e. The number of ether oxygens (including phenoxy) is 1. The molecule has 0 spiro atoms. The van der Waals surface area contributed by atoms with Crippen molar-refractivity contribution in [1.82, 2.24) is 10.6 Å². The van der Waals surface area contributed by atoms with Crippen molar-refractivity contribution < 1.29 is 9.53 Å². The van der Waals surface area contributed by atoms with E-state index in [2.05, 4.69) is 72.2 Å². The Labute approximate surface area is 203 Å². The highest BCUT2D eigenvalue weighted by Crippen LogP contribution is 2.36. The molecule has 4 heteroatoms. The van der Waals surface area contributed by atoms with E-state index in [1.54, 1.807) is 0 Å². The minimum absolute atomic E-state index is 0.0410. The smallest absolute Gasteiger partial charge is 0.314 e. The summed E-state index contributed by atoms with van der Waals surface area (Å²) >= 11 is 0. The van der Waals surface area contributed by atoms with Gasteiger partial charge in [0.05, 0.1) is 6.61 Å². The molecule has 2 N–H and O–H groups in total. The molecule has 2 amide bonds. The summed E-state index contributed by atoms with van der Waals surface area (Å²) in [6.45, 7) is 5.08. The second kappa shape index (κ2) is 12.6. The summed E-state index contributed by atoms with van der Waals surface area (Å²) in [4.78, 5) is 11.8. The zero-order valence-electron chi connectivity index (χ0n) is 20.5. The first-order valence-corrected chi connectivity index (χ1v) is 13.0. The summed E-state index contributed by atoms with van der Waals surface area (Å²) in [5.74, 6) is 0. The molecule has 34 heavy (non-hydrogen) atoms. The molecule has 0 radical (unpaired) electrons. The van der Waals surface area contributed by atoms with Gasteiger partial charge in [-0.15, -0.1) is 0 Å². The van der Waals surface area contributed by atoms with E-state index >= 15 is 0 Å². The lowest BCUT2D eigenvalue weighted by Crippen LogP contribution is -2.36. The molecular formula is C30H38N2O2. The Bertz CT molecular complexity index is 1170. The van der Waals surface area contributed by atoms with Crippen LogP contribution in [0.5, 0.6) is 0 Å². The third-order valence-corrected chi connectivity index (χ3v) is 6.69. The van der Waals surface area contributed by atoms with Crippen molar-refractivity contribution in [3.63, 3.8) is 0 Å². The summed E-state index contributed by atoms with van der Waals surface area (Å²) in [6, 6.07) is 19.8. The van der Waals surface area contributed by atoms with Crippen molar-refractivity contribution in [3.8, 4) is 0 Å². The number of benzene rings is 4. The van der Waals surface area contributed by atoms with Gasteiger partial charge in [-0.2, -0.15) is 0 Å². The van der Waals surface area contributed by atoms with Crippen LogP contribution in [0.3, 0.4) is 0 Å². The van der Waals surface area contributed by atoms with Crippen LogP contribution in [-0.2, 0) is 11.3 Å². The molecule has 0 aliphatic rings. The summed E-state index contributed by atoms with van der Waals surface area (Å²) in [5, 5.41) is 13.8. The van der Waals surface area contributed by atoms with Gasteiger partial charge in [0, 0.05) is 19.7 Å². The number of hydrogen-bond donors (Lipinski definition) is 2. The van der Waals surface area contributed by atoms with Crippen LogP contribution in [0.1, 0.15) is 63.9 Å². The van der Waals surface area contributed by atoms with Gasteiger partial charge in [-0.25, -0.2) is 4.79 Å². The van der Waals surface area contributed by atoms with Gasteiger partial charge < -0.3 is 15.4 Å². The lowest BCUT2D eigenvalue weighted by molar-refractivity contribution is 0.117. The molecule has 4 aromatic carbocycles. The minimum Gasteiger partial charge on any atom is -0.377 e. The highest BCUT2D eigenvalue weighted by molar-refractivity contribution is 6.23. The Morgan fingerprint density at radius 1 is 0.706 bits per heavy atom. The topological polar surface area (TPSA) is 50.4 Å². The van der Waals surface area contributed by atoms with E-state index in [4.69, 9.17) is 4.74 Å². The van der Waals surface area contributed by atoms with Crippen LogP contribution in [0.2, 0.25) is 0 Å². The van der Waals surface area contributed by atoms with E-state index in [9.17, 15) is 4.79 Å². The molecule has 180 valence electrons. The van der Waals surface area contributed by atoms with Gasteiger partial charge in [0.25, 0.3) is 0 Å². The third-order valence-electron chi connectivity index (χ3n) is 6.69. The van der Waals surface area contributed by atoms with Crippen molar-refractivity contribution in [1.29, 1.82) is 0 Å². The maximum atomic E-state index is 11.8. The molecule has 0 aromatic heterocycles. The Kier molecular flexibility index (Phi) is 8.97. The summed E-state index contributed by atoms with van der Waals surface area (Å²) in [6.07, 6.45) is 9.10. The number of amides is 2. The van der Waals surface area contributed by atoms with Gasteiger partial charge in [-0.3, -0.25) is 0 Å². The SMILES string of the molecule is CCCCCCCNC(=O)NCCCCCOCc1ccc2ccc3cccc4ccc1c2c34. The second-order valence-electron chi connectivity index (χ2n) is 9.29. The molecule has 0 bridgehead atoms. The standard InChI is InChI=1S/C30H38N2O2/c1-2-3-4-5-7-19-31-30(33)32-20-8-6-9-21-34-22-26-16-15-25-14-13-23-11-10-12-24-17-18-27(26)29(25)28(23)24/h10-18H,2-9,19-22H2,1H3,(H2,31,32,33). The van der Waals surface area contributed by atoms with E-state index in [0.29, 0.717) is 6.61 Å². The normalized spacial score (nSPS) is 11.6. The number of carbonyl (C=O) groups excluding carboxylic acids is 1. The van der Waals surface area contributed by atoms with Crippen LogP contribution in [-0.4, -0.2) is 25.7 Å². The van der Waals surface area contributed by atoms with Crippen LogP contribution in [0.4, 0.5) is 4.79 Å². The van der Waals surface area contributed by atoms with Gasteiger partial charge in [0.15, 0.2) is 0 Å². The van der Waals surface area contributed by atoms with Crippen LogP contribution in [0.15, 0.2) is 54.6 Å². The Morgan fingerprint density at radius 2 is 1.32 bits per heavy atom. The number of carbonyl (C=O) groups is 1. The average Bonchev–Trinajstić information content (AvgIpc) is 2.86. The fourth-order valence-corrected chi connectivity index (χ4v) is 4.80. The lowest BCUT2D eigenvalue weighted by atomic mass is 9.92. The molecule has 0 saturated heterocycles. The van der Waals surface area contributed by atoms with Crippen LogP contribution < -0.4 is 10.6 Å². The van der Waals surface area contributed by atoms with Gasteiger partial charge >= 0.3 is 6.03 Å². The first-order chi connectivity index (χ1) is 16.8. The molecule has 0 atom stereocenters. The molecule has 4 aromatic rings. The fraction of sp³-hybridized carbons (Fsp3) is 0.433. The predicted octanol–water partition coefficient (Wildman–Crippen LogP) is 7.54. The fourth-order valence-electron chi connectivity index (χ4n) is 4.80.